The Morgan fingerprint density at radius 3 is 2.25 bits per heavy atom. The van der Waals surface area contributed by atoms with Gasteiger partial charge in [-0.3, -0.25) is 18.5 Å². The van der Waals surface area contributed by atoms with Crippen LogP contribution in [0.4, 0.5) is 0 Å². The number of aryl methyl sites for hydroxylation is 2. The summed E-state index contributed by atoms with van der Waals surface area (Å²) in [5.74, 6) is 0. The topological polar surface area (TPSA) is 71.1 Å². The molecule has 0 spiro atoms. The van der Waals surface area contributed by atoms with Crippen LogP contribution in [0, 0.1) is 0 Å². The summed E-state index contributed by atoms with van der Waals surface area (Å²) >= 11 is 0. The molecule has 0 saturated heterocycles. The third-order valence-electron chi connectivity index (χ3n) is 2.61. The number of methoxy groups -OCH3 is 1. The van der Waals surface area contributed by atoms with Gasteiger partial charge in [0.15, 0.2) is 11.2 Å². The second-order valence-corrected chi connectivity index (χ2v) is 3.54. The highest BCUT2D eigenvalue weighted by atomic mass is 16.5. The standard InChI is InChI=1S/C9H12N4O3/c1-11-6-5(10-8(11)16-4)7(14)13(3)9(15)12(6)2/h1-4H3. The van der Waals surface area contributed by atoms with Gasteiger partial charge >= 0.3 is 5.69 Å². The summed E-state index contributed by atoms with van der Waals surface area (Å²) < 4.78 is 8.97. The molecule has 16 heavy (non-hydrogen) atoms. The summed E-state index contributed by atoms with van der Waals surface area (Å²) in [6, 6.07) is 0.299. The monoisotopic (exact) mass is 224 g/mol. The second kappa shape index (κ2) is 3.22. The summed E-state index contributed by atoms with van der Waals surface area (Å²) in [6.45, 7) is 0. The predicted octanol–water partition coefficient (Wildman–Crippen LogP) is -1.02. The number of aromatic nitrogens is 4. The lowest BCUT2D eigenvalue weighted by molar-refractivity contribution is 0.368. The molecule has 0 amide bonds. The van der Waals surface area contributed by atoms with Crippen LogP contribution in [0.25, 0.3) is 11.2 Å². The van der Waals surface area contributed by atoms with Crippen molar-refractivity contribution in [1.82, 2.24) is 18.7 Å². The Kier molecular flexibility index (Phi) is 2.11. The lowest BCUT2D eigenvalue weighted by Crippen LogP contribution is -2.37. The van der Waals surface area contributed by atoms with Gasteiger partial charge in [0.2, 0.25) is 0 Å². The van der Waals surface area contributed by atoms with Crippen molar-refractivity contribution in [3.8, 4) is 6.01 Å². The Morgan fingerprint density at radius 1 is 1.06 bits per heavy atom. The van der Waals surface area contributed by atoms with Crippen molar-refractivity contribution in [3.05, 3.63) is 20.8 Å². The first-order chi connectivity index (χ1) is 7.49. The molecule has 0 N–H and O–H groups in total. The summed E-state index contributed by atoms with van der Waals surface area (Å²) in [5, 5.41) is 0. The van der Waals surface area contributed by atoms with E-state index in [0.29, 0.717) is 11.7 Å². The molecule has 7 heteroatoms. The molecule has 86 valence electrons. The Labute approximate surface area is 90.5 Å². The first kappa shape index (κ1) is 10.5. The minimum atomic E-state index is -0.419. The molecule has 0 fully saturated rings. The first-order valence-electron chi connectivity index (χ1n) is 4.65. The van der Waals surface area contributed by atoms with Gasteiger partial charge in [0.25, 0.3) is 11.6 Å². The third-order valence-corrected chi connectivity index (χ3v) is 2.61. The van der Waals surface area contributed by atoms with Gasteiger partial charge in [0, 0.05) is 21.1 Å². The van der Waals surface area contributed by atoms with Gasteiger partial charge < -0.3 is 4.74 Å². The maximum atomic E-state index is 11.8. The van der Waals surface area contributed by atoms with Crippen molar-refractivity contribution in [2.75, 3.05) is 7.11 Å². The van der Waals surface area contributed by atoms with Gasteiger partial charge in [0.05, 0.1) is 7.11 Å². The zero-order valence-corrected chi connectivity index (χ0v) is 9.51. The molecule has 0 saturated carbocycles. The quantitative estimate of drug-likeness (QED) is 0.621. The summed E-state index contributed by atoms with van der Waals surface area (Å²) in [5.41, 5.74) is -0.131. The van der Waals surface area contributed by atoms with E-state index >= 15 is 0 Å². The molecule has 0 bridgehead atoms. The van der Waals surface area contributed by atoms with Crippen molar-refractivity contribution in [3.63, 3.8) is 0 Å². The van der Waals surface area contributed by atoms with E-state index < -0.39 is 5.56 Å². The van der Waals surface area contributed by atoms with Gasteiger partial charge in [-0.2, -0.15) is 4.98 Å². The molecule has 0 aliphatic heterocycles. The molecule has 2 aromatic rings. The lowest BCUT2D eigenvalue weighted by atomic mass is 10.5. The Balaban J connectivity index is 3.13. The molecule has 2 aromatic heterocycles. The number of ether oxygens (including phenoxy) is 1. The van der Waals surface area contributed by atoms with E-state index in [1.807, 2.05) is 0 Å². The van der Waals surface area contributed by atoms with Gasteiger partial charge in [-0.15, -0.1) is 0 Å². The van der Waals surface area contributed by atoms with Crippen LogP contribution in [0.15, 0.2) is 9.59 Å². The number of nitrogens with zero attached hydrogens (tertiary/aromatic N) is 4. The van der Waals surface area contributed by atoms with E-state index in [0.717, 1.165) is 4.57 Å². The highest BCUT2D eigenvalue weighted by molar-refractivity contribution is 5.71. The van der Waals surface area contributed by atoms with Crippen molar-refractivity contribution in [2.45, 2.75) is 0 Å². The fourth-order valence-electron chi connectivity index (χ4n) is 1.74. The Morgan fingerprint density at radius 2 is 1.69 bits per heavy atom. The van der Waals surface area contributed by atoms with Crippen LogP contribution in [0.3, 0.4) is 0 Å². The van der Waals surface area contributed by atoms with E-state index in [2.05, 4.69) is 4.98 Å². The van der Waals surface area contributed by atoms with Crippen LogP contribution in [-0.4, -0.2) is 25.8 Å². The van der Waals surface area contributed by atoms with E-state index in [1.54, 1.807) is 18.7 Å². The molecule has 2 heterocycles. The molecular formula is C9H12N4O3. The van der Waals surface area contributed by atoms with Crippen molar-refractivity contribution in [2.24, 2.45) is 21.1 Å². The molecule has 0 radical (unpaired) electrons. The minimum absolute atomic E-state index is 0.226. The van der Waals surface area contributed by atoms with Crippen molar-refractivity contribution < 1.29 is 4.74 Å². The number of fused-ring (bicyclic) bond motifs is 1. The lowest BCUT2D eigenvalue weighted by Gasteiger charge is -2.04. The molecule has 0 aliphatic carbocycles. The van der Waals surface area contributed by atoms with E-state index in [4.69, 9.17) is 4.74 Å². The summed E-state index contributed by atoms with van der Waals surface area (Å²) in [7, 11) is 6.16. The number of imidazole rings is 1. The largest absolute Gasteiger partial charge is 0.468 e. The van der Waals surface area contributed by atoms with Crippen molar-refractivity contribution in [1.29, 1.82) is 0 Å². The maximum absolute atomic E-state index is 11.8. The zero-order valence-electron chi connectivity index (χ0n) is 9.51. The SMILES string of the molecule is COc1nc2c(=O)n(C)c(=O)n(C)c2n1C. The second-order valence-electron chi connectivity index (χ2n) is 3.54. The minimum Gasteiger partial charge on any atom is -0.468 e. The van der Waals surface area contributed by atoms with Crippen LogP contribution >= 0.6 is 0 Å². The molecule has 7 nitrogen and oxygen atoms in total. The van der Waals surface area contributed by atoms with Crippen LogP contribution < -0.4 is 16.0 Å². The molecular weight excluding hydrogens is 212 g/mol. The highest BCUT2D eigenvalue weighted by Crippen LogP contribution is 2.14. The number of rotatable bonds is 1. The van der Waals surface area contributed by atoms with Gasteiger partial charge in [0.1, 0.15) is 0 Å². The molecule has 0 atom stereocenters. The molecule has 0 aromatic carbocycles. The summed E-state index contributed by atoms with van der Waals surface area (Å²) in [6.07, 6.45) is 0. The van der Waals surface area contributed by atoms with Crippen molar-refractivity contribution >= 4 is 11.2 Å². The molecule has 0 unspecified atom stereocenters. The predicted molar refractivity (Wildman–Crippen MR) is 57.7 cm³/mol. The van der Waals surface area contributed by atoms with Crippen LogP contribution in [0.2, 0.25) is 0 Å². The average Bonchev–Trinajstić information content (AvgIpc) is 2.61. The highest BCUT2D eigenvalue weighted by Gasteiger charge is 2.16. The number of hydrogen-bond donors (Lipinski definition) is 0. The number of hydrogen-bond acceptors (Lipinski definition) is 4. The Bertz CT molecular complexity index is 677. The van der Waals surface area contributed by atoms with Gasteiger partial charge in [-0.1, -0.05) is 0 Å². The smallest absolute Gasteiger partial charge is 0.332 e. The van der Waals surface area contributed by atoms with Crippen LogP contribution in [0.5, 0.6) is 6.01 Å². The van der Waals surface area contributed by atoms with E-state index in [1.165, 1.54) is 18.7 Å². The van der Waals surface area contributed by atoms with Gasteiger partial charge in [-0.05, 0) is 0 Å². The average molecular weight is 224 g/mol. The summed E-state index contributed by atoms with van der Waals surface area (Å²) in [4.78, 5) is 27.5. The zero-order chi connectivity index (χ0) is 12.0. The maximum Gasteiger partial charge on any atom is 0.332 e. The van der Waals surface area contributed by atoms with Gasteiger partial charge in [-0.25, -0.2) is 4.79 Å². The molecule has 0 aliphatic rings. The Hall–Kier alpha value is -2.05. The fraction of sp³-hybridized carbons (Fsp3) is 0.444. The van der Waals surface area contributed by atoms with Crippen LogP contribution in [0.1, 0.15) is 0 Å². The molecule has 2 rings (SSSR count). The van der Waals surface area contributed by atoms with E-state index in [9.17, 15) is 9.59 Å². The third kappa shape index (κ3) is 1.11. The van der Waals surface area contributed by atoms with Crippen LogP contribution in [-0.2, 0) is 21.1 Å². The first-order valence-corrected chi connectivity index (χ1v) is 4.65. The normalized spacial score (nSPS) is 11.0. The van der Waals surface area contributed by atoms with E-state index in [-0.39, 0.29) is 11.2 Å². The fourth-order valence-corrected chi connectivity index (χ4v) is 1.74.